The van der Waals surface area contributed by atoms with E-state index in [-0.39, 0.29) is 12.7 Å². The molecule has 0 saturated heterocycles. The highest BCUT2D eigenvalue weighted by Crippen LogP contribution is 2.63. The molecular formula is C17H28O3. The minimum Gasteiger partial charge on any atom is -0.480 e. The van der Waals surface area contributed by atoms with E-state index in [1.807, 2.05) is 0 Å². The molecule has 0 aromatic heterocycles. The van der Waals surface area contributed by atoms with Crippen LogP contribution in [-0.4, -0.2) is 23.8 Å². The van der Waals surface area contributed by atoms with Crippen LogP contribution >= 0.6 is 0 Å². The first-order valence-corrected chi connectivity index (χ1v) is 8.10. The third-order valence-electron chi connectivity index (χ3n) is 5.62. The lowest BCUT2D eigenvalue weighted by Gasteiger charge is -2.61. The number of hydrogen-bond acceptors (Lipinski definition) is 2. The first-order chi connectivity index (χ1) is 9.26. The van der Waals surface area contributed by atoms with Crippen LogP contribution < -0.4 is 0 Å². The number of aliphatic carboxylic acids is 1. The fraction of sp³-hybridized carbons (Fsp3) is 0.941. The van der Waals surface area contributed by atoms with Gasteiger partial charge in [-0.3, -0.25) is 0 Å². The smallest absolute Gasteiger partial charge is 0.329 e. The maximum Gasteiger partial charge on any atom is 0.329 e. The van der Waals surface area contributed by atoms with Crippen molar-refractivity contribution in [3.8, 4) is 0 Å². The molecule has 4 bridgehead atoms. The van der Waals surface area contributed by atoms with Crippen LogP contribution in [0, 0.1) is 28.6 Å². The molecule has 20 heavy (non-hydrogen) atoms. The van der Waals surface area contributed by atoms with E-state index in [0.717, 1.165) is 5.92 Å². The van der Waals surface area contributed by atoms with Gasteiger partial charge in [-0.05, 0) is 67.1 Å². The lowest BCUT2D eigenvalue weighted by molar-refractivity contribution is -0.176. The molecule has 114 valence electrons. The molecule has 2 atom stereocenters. The lowest BCUT2D eigenvalue weighted by Crippen LogP contribution is -2.55. The Morgan fingerprint density at radius 3 is 2.30 bits per heavy atom. The Morgan fingerprint density at radius 1 is 1.20 bits per heavy atom. The Labute approximate surface area is 122 Å². The Kier molecular flexibility index (Phi) is 3.39. The van der Waals surface area contributed by atoms with E-state index in [1.165, 1.54) is 38.5 Å². The highest BCUT2D eigenvalue weighted by molar-refractivity contribution is 5.68. The normalized spacial score (nSPS) is 43.0. The predicted octanol–water partition coefficient (Wildman–Crippen LogP) is 3.72. The maximum absolute atomic E-state index is 10.8. The quantitative estimate of drug-likeness (QED) is 0.853. The first kappa shape index (κ1) is 14.4. The van der Waals surface area contributed by atoms with E-state index in [4.69, 9.17) is 9.84 Å². The summed E-state index contributed by atoms with van der Waals surface area (Å²) in [4.78, 5) is 10.8. The van der Waals surface area contributed by atoms with Gasteiger partial charge in [-0.15, -0.1) is 0 Å². The van der Waals surface area contributed by atoms with Gasteiger partial charge in [0.25, 0.3) is 0 Å². The van der Waals surface area contributed by atoms with E-state index < -0.39 is 5.97 Å². The molecule has 4 rings (SSSR count). The van der Waals surface area contributed by atoms with Crippen LogP contribution in [0.15, 0.2) is 0 Å². The van der Waals surface area contributed by atoms with Gasteiger partial charge in [0.1, 0.15) is 6.61 Å². The van der Waals surface area contributed by atoms with Gasteiger partial charge in [-0.1, -0.05) is 20.8 Å². The van der Waals surface area contributed by atoms with E-state index >= 15 is 0 Å². The summed E-state index contributed by atoms with van der Waals surface area (Å²) in [6, 6.07) is 0. The molecular weight excluding hydrogens is 252 g/mol. The zero-order valence-corrected chi connectivity index (χ0v) is 13.0. The molecule has 0 heterocycles. The van der Waals surface area contributed by atoms with Gasteiger partial charge in [0, 0.05) is 0 Å². The van der Waals surface area contributed by atoms with Crippen molar-refractivity contribution in [2.75, 3.05) is 6.61 Å². The van der Waals surface area contributed by atoms with Crippen molar-refractivity contribution < 1.29 is 14.6 Å². The number of carboxylic acid groups (broad SMARTS) is 1. The standard InChI is InChI=1S/C17H28O3/c1-16(2,3)10-17-6-11-4-12(7-17)15(13(5-11)8-17)20-9-14(18)19/h11-13,15H,4-10H2,1-3H3,(H,18,19). The van der Waals surface area contributed by atoms with Crippen LogP contribution in [-0.2, 0) is 9.53 Å². The summed E-state index contributed by atoms with van der Waals surface area (Å²) in [5.41, 5.74) is 0.918. The molecule has 4 fully saturated rings. The number of hydrogen-bond donors (Lipinski definition) is 1. The van der Waals surface area contributed by atoms with Crippen LogP contribution in [0.2, 0.25) is 0 Å². The third-order valence-corrected chi connectivity index (χ3v) is 5.62. The topological polar surface area (TPSA) is 46.5 Å². The van der Waals surface area contributed by atoms with Gasteiger partial charge in [0.2, 0.25) is 0 Å². The monoisotopic (exact) mass is 280 g/mol. The number of ether oxygens (including phenoxy) is 1. The molecule has 0 aromatic rings. The van der Waals surface area contributed by atoms with Crippen molar-refractivity contribution in [2.24, 2.45) is 28.6 Å². The minimum atomic E-state index is -0.830. The van der Waals surface area contributed by atoms with Gasteiger partial charge in [0.05, 0.1) is 6.10 Å². The summed E-state index contributed by atoms with van der Waals surface area (Å²) in [5, 5.41) is 8.85. The highest BCUT2D eigenvalue weighted by atomic mass is 16.5. The molecule has 0 spiro atoms. The van der Waals surface area contributed by atoms with Crippen LogP contribution in [0.4, 0.5) is 0 Å². The fourth-order valence-corrected chi connectivity index (χ4v) is 5.93. The molecule has 4 saturated carbocycles. The molecule has 4 aliphatic carbocycles. The van der Waals surface area contributed by atoms with Crippen LogP contribution in [0.1, 0.15) is 59.3 Å². The zero-order chi connectivity index (χ0) is 14.5. The molecule has 0 radical (unpaired) electrons. The van der Waals surface area contributed by atoms with E-state index in [0.29, 0.717) is 22.7 Å². The first-order valence-electron chi connectivity index (χ1n) is 8.10. The van der Waals surface area contributed by atoms with Crippen molar-refractivity contribution in [3.63, 3.8) is 0 Å². The van der Waals surface area contributed by atoms with Crippen molar-refractivity contribution in [1.29, 1.82) is 0 Å². The average molecular weight is 280 g/mol. The second-order valence-corrected chi connectivity index (χ2v) is 8.88. The molecule has 3 nitrogen and oxygen atoms in total. The summed E-state index contributed by atoms with van der Waals surface area (Å²) >= 11 is 0. The van der Waals surface area contributed by atoms with Gasteiger partial charge in [-0.2, -0.15) is 0 Å². The van der Waals surface area contributed by atoms with Crippen molar-refractivity contribution in [1.82, 2.24) is 0 Å². The number of rotatable bonds is 4. The number of carbonyl (C=O) groups is 1. The predicted molar refractivity (Wildman–Crippen MR) is 77.4 cm³/mol. The van der Waals surface area contributed by atoms with Gasteiger partial charge >= 0.3 is 5.97 Å². The molecule has 3 heteroatoms. The largest absolute Gasteiger partial charge is 0.480 e. The minimum absolute atomic E-state index is 0.116. The molecule has 0 amide bonds. The molecule has 1 N–H and O–H groups in total. The summed E-state index contributed by atoms with van der Waals surface area (Å²) < 4.78 is 5.76. The highest BCUT2D eigenvalue weighted by Gasteiger charge is 2.56. The van der Waals surface area contributed by atoms with Crippen LogP contribution in [0.3, 0.4) is 0 Å². The molecule has 2 unspecified atom stereocenters. The van der Waals surface area contributed by atoms with E-state index in [1.54, 1.807) is 0 Å². The average Bonchev–Trinajstić information content (AvgIpc) is 2.22. The molecule has 0 aromatic carbocycles. The lowest BCUT2D eigenvalue weighted by atomic mass is 9.46. The Hall–Kier alpha value is -0.570. The summed E-state index contributed by atoms with van der Waals surface area (Å²) in [6.07, 6.45) is 8.01. The van der Waals surface area contributed by atoms with Crippen LogP contribution in [0.5, 0.6) is 0 Å². The van der Waals surface area contributed by atoms with E-state index in [2.05, 4.69) is 20.8 Å². The molecule has 4 aliphatic rings. The summed E-state index contributed by atoms with van der Waals surface area (Å²) in [6.45, 7) is 6.94. The Balaban J connectivity index is 1.72. The Bertz CT molecular complexity index is 380. The van der Waals surface area contributed by atoms with E-state index in [9.17, 15) is 4.79 Å². The Morgan fingerprint density at radius 2 is 1.80 bits per heavy atom. The second-order valence-electron chi connectivity index (χ2n) is 8.88. The number of carboxylic acids is 1. The van der Waals surface area contributed by atoms with Crippen LogP contribution in [0.25, 0.3) is 0 Å². The second kappa shape index (κ2) is 4.72. The summed E-state index contributed by atoms with van der Waals surface area (Å²) in [7, 11) is 0. The van der Waals surface area contributed by atoms with Crippen molar-refractivity contribution >= 4 is 5.97 Å². The van der Waals surface area contributed by atoms with Crippen molar-refractivity contribution in [2.45, 2.75) is 65.4 Å². The third kappa shape index (κ3) is 2.74. The van der Waals surface area contributed by atoms with Gasteiger partial charge < -0.3 is 9.84 Å². The van der Waals surface area contributed by atoms with Gasteiger partial charge in [0.15, 0.2) is 0 Å². The molecule has 0 aliphatic heterocycles. The summed E-state index contributed by atoms with van der Waals surface area (Å²) in [5.74, 6) is 1.27. The maximum atomic E-state index is 10.8. The SMILES string of the molecule is CC(C)(C)CC12CC3CC(C1)C(OCC(=O)O)C(C3)C2. The van der Waals surface area contributed by atoms with Crippen molar-refractivity contribution in [3.05, 3.63) is 0 Å². The van der Waals surface area contributed by atoms with Gasteiger partial charge in [-0.25, -0.2) is 4.79 Å². The zero-order valence-electron chi connectivity index (χ0n) is 13.0. The fourth-order valence-electron chi connectivity index (χ4n) is 5.93.